The summed E-state index contributed by atoms with van der Waals surface area (Å²) in [6.45, 7) is 0.290. The highest BCUT2D eigenvalue weighted by molar-refractivity contribution is 7.89. The minimum absolute atomic E-state index is 0.0698. The second kappa shape index (κ2) is 7.46. The van der Waals surface area contributed by atoms with Gasteiger partial charge in [0.2, 0.25) is 15.9 Å². The lowest BCUT2D eigenvalue weighted by Gasteiger charge is -2.45. The molecule has 4 aromatic rings. The molecule has 0 amide bonds. The van der Waals surface area contributed by atoms with Gasteiger partial charge in [0, 0.05) is 40.8 Å². The number of benzene rings is 2. The van der Waals surface area contributed by atoms with Crippen LogP contribution in [0.4, 0.5) is 0 Å². The van der Waals surface area contributed by atoms with Crippen molar-refractivity contribution in [2.45, 2.75) is 35.8 Å². The molecule has 3 heterocycles. The van der Waals surface area contributed by atoms with E-state index in [1.54, 1.807) is 34.8 Å². The lowest BCUT2D eigenvalue weighted by molar-refractivity contribution is 0.0658. The van der Waals surface area contributed by atoms with E-state index in [9.17, 15) is 8.42 Å². The predicted molar refractivity (Wildman–Crippen MR) is 122 cm³/mol. The molecule has 3 atom stereocenters. The molecule has 0 saturated carbocycles. The molecule has 2 aromatic carbocycles. The summed E-state index contributed by atoms with van der Waals surface area (Å²) in [7, 11) is -3.65. The maximum absolute atomic E-state index is 13.6. The van der Waals surface area contributed by atoms with E-state index in [1.165, 1.54) is 11.3 Å². The number of aromatic nitrogens is 2. The molecule has 6 rings (SSSR count). The van der Waals surface area contributed by atoms with E-state index in [4.69, 9.17) is 4.74 Å². The lowest BCUT2D eigenvalue weighted by atomic mass is 9.77. The van der Waals surface area contributed by atoms with Gasteiger partial charge in [-0.15, -0.1) is 0 Å². The van der Waals surface area contributed by atoms with Crippen molar-refractivity contribution in [2.24, 2.45) is 0 Å². The average Bonchev–Trinajstić information content (AvgIpc) is 3.20. The minimum atomic E-state index is -3.65. The smallest absolute Gasteiger partial charge is 0.243 e. The Morgan fingerprint density at radius 3 is 2.56 bits per heavy atom. The van der Waals surface area contributed by atoms with Crippen LogP contribution >= 0.6 is 0 Å². The van der Waals surface area contributed by atoms with Gasteiger partial charge in [-0.3, -0.25) is 0 Å². The van der Waals surface area contributed by atoms with Gasteiger partial charge in [-0.05, 0) is 42.7 Å². The summed E-state index contributed by atoms with van der Waals surface area (Å²) in [6.07, 6.45) is 2.75. The van der Waals surface area contributed by atoms with E-state index in [-0.39, 0.29) is 24.6 Å². The second-order valence-electron chi connectivity index (χ2n) is 8.48. The van der Waals surface area contributed by atoms with Gasteiger partial charge in [-0.2, -0.15) is 4.31 Å². The molecule has 1 saturated heterocycles. The maximum atomic E-state index is 13.6. The van der Waals surface area contributed by atoms with E-state index < -0.39 is 10.0 Å². The van der Waals surface area contributed by atoms with Gasteiger partial charge in [-0.1, -0.05) is 42.5 Å². The van der Waals surface area contributed by atoms with Crippen molar-refractivity contribution in [3.63, 3.8) is 0 Å². The van der Waals surface area contributed by atoms with Crippen LogP contribution in [-0.2, 0) is 16.4 Å². The van der Waals surface area contributed by atoms with E-state index in [2.05, 4.69) is 22.1 Å². The van der Waals surface area contributed by atoms with Crippen molar-refractivity contribution in [3.8, 4) is 5.88 Å². The molecule has 1 fully saturated rings. The topological polar surface area (TPSA) is 75.3 Å². The number of aromatic amines is 1. The third kappa shape index (κ3) is 3.12. The third-order valence-electron chi connectivity index (χ3n) is 6.66. The Kier molecular flexibility index (Phi) is 4.55. The normalized spacial score (nSPS) is 23.1. The summed E-state index contributed by atoms with van der Waals surface area (Å²) >= 11 is 0. The van der Waals surface area contributed by atoms with Crippen LogP contribution in [0.3, 0.4) is 0 Å². The summed E-state index contributed by atoms with van der Waals surface area (Å²) in [4.78, 5) is 8.25. The molecule has 1 aliphatic carbocycles. The minimum Gasteiger partial charge on any atom is -0.472 e. The number of fused-ring (bicyclic) bond motifs is 6. The molecule has 0 unspecified atom stereocenters. The number of pyridine rings is 1. The predicted octanol–water partition coefficient (Wildman–Crippen LogP) is 4.11. The van der Waals surface area contributed by atoms with Crippen LogP contribution in [-0.4, -0.2) is 41.4 Å². The largest absolute Gasteiger partial charge is 0.472 e. The second-order valence-corrected chi connectivity index (χ2v) is 10.4. The quantitative estimate of drug-likeness (QED) is 0.513. The van der Waals surface area contributed by atoms with Crippen LogP contribution < -0.4 is 4.74 Å². The number of nitrogens with one attached hydrogen (secondary N) is 1. The number of sulfonamides is 1. The molecule has 1 aliphatic heterocycles. The zero-order chi connectivity index (χ0) is 21.7. The van der Waals surface area contributed by atoms with Crippen molar-refractivity contribution in [3.05, 3.63) is 90.3 Å². The third-order valence-corrected chi connectivity index (χ3v) is 8.59. The molecular formula is C25H23N3O3S. The fourth-order valence-corrected chi connectivity index (χ4v) is 6.88. The average molecular weight is 446 g/mol. The zero-order valence-corrected chi connectivity index (χ0v) is 18.2. The Balaban J connectivity index is 1.46. The fraction of sp³-hybridized carbons (Fsp3) is 0.240. The first-order valence-electron chi connectivity index (χ1n) is 10.9. The van der Waals surface area contributed by atoms with E-state index in [0.29, 0.717) is 23.6 Å². The molecule has 2 aromatic heterocycles. The number of para-hydroxylation sites is 1. The Hall–Kier alpha value is -3.16. The molecule has 2 bridgehead atoms. The highest BCUT2D eigenvalue weighted by Gasteiger charge is 2.47. The van der Waals surface area contributed by atoms with Crippen molar-refractivity contribution >= 4 is 20.9 Å². The Bertz CT molecular complexity index is 1370. The molecule has 2 aliphatic rings. The number of H-pyrrole nitrogens is 1. The van der Waals surface area contributed by atoms with Crippen LogP contribution in [0.2, 0.25) is 0 Å². The van der Waals surface area contributed by atoms with E-state index in [1.807, 2.05) is 36.4 Å². The Morgan fingerprint density at radius 1 is 0.969 bits per heavy atom. The van der Waals surface area contributed by atoms with Crippen molar-refractivity contribution in [2.75, 3.05) is 6.54 Å². The van der Waals surface area contributed by atoms with E-state index >= 15 is 0 Å². The van der Waals surface area contributed by atoms with Crippen LogP contribution in [0.1, 0.15) is 23.6 Å². The number of hydrogen-bond acceptors (Lipinski definition) is 4. The monoisotopic (exact) mass is 445 g/mol. The van der Waals surface area contributed by atoms with Crippen molar-refractivity contribution < 1.29 is 13.2 Å². The summed E-state index contributed by atoms with van der Waals surface area (Å²) < 4.78 is 35.3. The fourth-order valence-electron chi connectivity index (χ4n) is 5.21. The molecular weight excluding hydrogens is 422 g/mol. The van der Waals surface area contributed by atoms with Crippen LogP contribution in [0.5, 0.6) is 5.88 Å². The number of hydrogen-bond donors (Lipinski definition) is 1. The van der Waals surface area contributed by atoms with E-state index in [0.717, 1.165) is 10.9 Å². The first-order valence-corrected chi connectivity index (χ1v) is 12.3. The van der Waals surface area contributed by atoms with Gasteiger partial charge in [0.25, 0.3) is 0 Å². The maximum Gasteiger partial charge on any atom is 0.243 e. The summed E-state index contributed by atoms with van der Waals surface area (Å²) in [5.74, 6) is 0.580. The van der Waals surface area contributed by atoms with Crippen LogP contribution in [0, 0.1) is 0 Å². The van der Waals surface area contributed by atoms with Gasteiger partial charge in [-0.25, -0.2) is 13.4 Å². The van der Waals surface area contributed by atoms with Crippen molar-refractivity contribution in [1.82, 2.24) is 14.3 Å². The summed E-state index contributed by atoms with van der Waals surface area (Å²) in [5, 5.41) is 1.16. The number of ether oxygens (including phenoxy) is 1. The molecule has 7 heteroatoms. The van der Waals surface area contributed by atoms with Gasteiger partial charge in [0.05, 0.1) is 11.4 Å². The first kappa shape index (κ1) is 19.5. The Morgan fingerprint density at radius 2 is 1.75 bits per heavy atom. The van der Waals surface area contributed by atoms with Crippen LogP contribution in [0.15, 0.2) is 83.9 Å². The summed E-state index contributed by atoms with van der Waals surface area (Å²) in [5.41, 5.74) is 3.45. The molecule has 6 nitrogen and oxygen atoms in total. The van der Waals surface area contributed by atoms with Gasteiger partial charge >= 0.3 is 0 Å². The van der Waals surface area contributed by atoms with Gasteiger partial charge in [0.1, 0.15) is 6.10 Å². The SMILES string of the molecule is O=S(=O)(c1ccccc1)N1C[C@H](Oc2ccccn2)[C@H]2C[C@@H]1Cc1c2[nH]c2ccccc12. The number of nitrogens with zero attached hydrogens (tertiary/aromatic N) is 2. The molecule has 0 radical (unpaired) electrons. The summed E-state index contributed by atoms with van der Waals surface area (Å²) in [6, 6.07) is 22.3. The highest BCUT2D eigenvalue weighted by atomic mass is 32.2. The Labute approximate surface area is 186 Å². The molecule has 32 heavy (non-hydrogen) atoms. The molecule has 162 valence electrons. The molecule has 0 spiro atoms. The first-order chi connectivity index (χ1) is 15.6. The zero-order valence-electron chi connectivity index (χ0n) is 17.4. The molecule has 1 N–H and O–H groups in total. The number of piperidine rings is 1. The van der Waals surface area contributed by atoms with Crippen molar-refractivity contribution in [1.29, 1.82) is 0 Å². The highest BCUT2D eigenvalue weighted by Crippen LogP contribution is 2.45. The number of rotatable bonds is 4. The lowest BCUT2D eigenvalue weighted by Crippen LogP contribution is -2.55. The van der Waals surface area contributed by atoms with Gasteiger partial charge < -0.3 is 9.72 Å². The van der Waals surface area contributed by atoms with Gasteiger partial charge in [0.15, 0.2) is 0 Å². The standard InChI is InChI=1S/C25H23N3O3S/c29-32(30,18-8-2-1-3-9-18)28-16-23(31-24-12-6-7-13-26-24)21-15-17(28)14-20-19-10-4-5-11-22(19)27-25(20)21/h1-13,17,21,23,27H,14-16H2/t17-,21+,23-/m0/s1. The van der Waals surface area contributed by atoms with Crippen LogP contribution in [0.25, 0.3) is 10.9 Å².